The zero-order valence-electron chi connectivity index (χ0n) is 13.3. The van der Waals surface area contributed by atoms with Gasteiger partial charge in [-0.05, 0) is 24.6 Å². The number of amides is 2. The maximum absolute atomic E-state index is 12.3. The molecule has 1 atom stereocenters. The molecule has 1 aromatic carbocycles. The van der Waals surface area contributed by atoms with Crippen molar-refractivity contribution in [3.8, 4) is 0 Å². The Morgan fingerprint density at radius 3 is 2.71 bits per heavy atom. The van der Waals surface area contributed by atoms with Crippen molar-refractivity contribution in [1.29, 1.82) is 0 Å². The Hall–Kier alpha value is -3.09. The first-order valence-electron chi connectivity index (χ1n) is 7.52. The number of benzene rings is 1. The standard InChI is InChI=1S/C17H19N3O4/c1-2-23-17(22)19-15(11-13-7-4-3-5-8-13)16(21)20-18-12-14-9-6-10-24-14/h3-10,12,15H,2,11H2,1H3,(H,19,22)(H,20,21)/b18-12-/t15-/m1/s1. The molecule has 0 radical (unpaired) electrons. The Morgan fingerprint density at radius 2 is 2.04 bits per heavy atom. The van der Waals surface area contributed by atoms with E-state index in [1.165, 1.54) is 12.5 Å². The molecule has 24 heavy (non-hydrogen) atoms. The molecule has 0 aliphatic heterocycles. The van der Waals surface area contributed by atoms with Gasteiger partial charge in [-0.2, -0.15) is 5.10 Å². The molecule has 0 aliphatic rings. The molecular formula is C17H19N3O4. The van der Waals surface area contributed by atoms with Crippen LogP contribution in [0.15, 0.2) is 58.2 Å². The van der Waals surface area contributed by atoms with Crippen LogP contribution in [-0.2, 0) is 16.0 Å². The number of nitrogens with zero attached hydrogens (tertiary/aromatic N) is 1. The van der Waals surface area contributed by atoms with Crippen molar-refractivity contribution >= 4 is 18.2 Å². The molecule has 0 unspecified atom stereocenters. The minimum atomic E-state index is -0.805. The fourth-order valence-electron chi connectivity index (χ4n) is 1.98. The van der Waals surface area contributed by atoms with E-state index in [0.717, 1.165) is 5.56 Å². The minimum Gasteiger partial charge on any atom is -0.463 e. The van der Waals surface area contributed by atoms with Gasteiger partial charge in [0.05, 0.1) is 19.1 Å². The molecule has 0 saturated heterocycles. The van der Waals surface area contributed by atoms with Gasteiger partial charge in [-0.15, -0.1) is 0 Å². The highest BCUT2D eigenvalue weighted by Gasteiger charge is 2.21. The maximum Gasteiger partial charge on any atom is 0.407 e. The average Bonchev–Trinajstić information content (AvgIpc) is 3.09. The van der Waals surface area contributed by atoms with E-state index in [9.17, 15) is 9.59 Å². The van der Waals surface area contributed by atoms with E-state index in [1.807, 2.05) is 30.3 Å². The molecule has 1 heterocycles. The van der Waals surface area contributed by atoms with Crippen LogP contribution in [0, 0.1) is 0 Å². The number of hydrogen-bond acceptors (Lipinski definition) is 5. The van der Waals surface area contributed by atoms with E-state index in [-0.39, 0.29) is 6.61 Å². The van der Waals surface area contributed by atoms with Gasteiger partial charge in [0.15, 0.2) is 0 Å². The first kappa shape index (κ1) is 17.3. The molecule has 2 amide bonds. The summed E-state index contributed by atoms with van der Waals surface area (Å²) in [5.41, 5.74) is 3.30. The quantitative estimate of drug-likeness (QED) is 0.601. The van der Waals surface area contributed by atoms with E-state index >= 15 is 0 Å². The summed E-state index contributed by atoms with van der Waals surface area (Å²) in [6.07, 6.45) is 2.55. The molecular weight excluding hydrogens is 310 g/mol. The van der Waals surface area contributed by atoms with E-state index in [1.54, 1.807) is 19.1 Å². The molecule has 7 nitrogen and oxygen atoms in total. The number of carbonyl (C=O) groups is 2. The Kier molecular flexibility index (Phi) is 6.58. The van der Waals surface area contributed by atoms with Crippen LogP contribution in [0.3, 0.4) is 0 Å². The molecule has 2 aromatic rings. The summed E-state index contributed by atoms with van der Waals surface area (Å²) in [6.45, 7) is 1.92. The monoisotopic (exact) mass is 329 g/mol. The number of hydrogen-bond donors (Lipinski definition) is 2. The van der Waals surface area contributed by atoms with Gasteiger partial charge in [-0.1, -0.05) is 30.3 Å². The molecule has 2 N–H and O–H groups in total. The molecule has 2 rings (SSSR count). The van der Waals surface area contributed by atoms with Crippen molar-refractivity contribution in [3.05, 3.63) is 60.1 Å². The van der Waals surface area contributed by atoms with E-state index in [4.69, 9.17) is 9.15 Å². The van der Waals surface area contributed by atoms with Gasteiger partial charge in [-0.25, -0.2) is 10.2 Å². The first-order valence-corrected chi connectivity index (χ1v) is 7.52. The molecule has 0 spiro atoms. The largest absolute Gasteiger partial charge is 0.463 e. The van der Waals surface area contributed by atoms with Crippen LogP contribution >= 0.6 is 0 Å². The molecule has 0 bridgehead atoms. The highest BCUT2D eigenvalue weighted by atomic mass is 16.5. The van der Waals surface area contributed by atoms with Crippen LogP contribution in [0.1, 0.15) is 18.2 Å². The lowest BCUT2D eigenvalue weighted by molar-refractivity contribution is -0.123. The second-order valence-corrected chi connectivity index (χ2v) is 4.86. The van der Waals surface area contributed by atoms with Crippen molar-refractivity contribution in [2.75, 3.05) is 6.61 Å². The van der Waals surface area contributed by atoms with E-state index < -0.39 is 18.0 Å². The van der Waals surface area contributed by atoms with Gasteiger partial charge in [-0.3, -0.25) is 4.79 Å². The SMILES string of the molecule is CCOC(=O)N[C@H](Cc1ccccc1)C(=O)N/N=C\c1ccco1. The van der Waals surface area contributed by atoms with Crippen molar-refractivity contribution in [2.24, 2.45) is 5.10 Å². The lowest BCUT2D eigenvalue weighted by Crippen LogP contribution is -2.47. The number of furan rings is 1. The third-order valence-electron chi connectivity index (χ3n) is 3.08. The molecule has 0 aliphatic carbocycles. The van der Waals surface area contributed by atoms with Crippen molar-refractivity contribution in [3.63, 3.8) is 0 Å². The highest BCUT2D eigenvalue weighted by molar-refractivity contribution is 5.87. The number of hydrazone groups is 1. The normalized spacial score (nSPS) is 11.9. The summed E-state index contributed by atoms with van der Waals surface area (Å²) < 4.78 is 9.92. The van der Waals surface area contributed by atoms with Gasteiger partial charge >= 0.3 is 6.09 Å². The number of ether oxygens (including phenoxy) is 1. The van der Waals surface area contributed by atoms with E-state index in [0.29, 0.717) is 12.2 Å². The molecule has 0 fully saturated rings. The Balaban J connectivity index is 2.00. The second-order valence-electron chi connectivity index (χ2n) is 4.86. The van der Waals surface area contributed by atoms with Gasteiger partial charge in [0.2, 0.25) is 0 Å². The van der Waals surface area contributed by atoms with Crippen LogP contribution in [0.4, 0.5) is 4.79 Å². The van der Waals surface area contributed by atoms with Gasteiger partial charge in [0.1, 0.15) is 11.8 Å². The molecule has 0 saturated carbocycles. The van der Waals surface area contributed by atoms with Crippen molar-refractivity contribution in [2.45, 2.75) is 19.4 Å². The van der Waals surface area contributed by atoms with Crippen molar-refractivity contribution in [1.82, 2.24) is 10.7 Å². The Morgan fingerprint density at radius 1 is 1.25 bits per heavy atom. The third kappa shape index (κ3) is 5.60. The number of alkyl carbamates (subject to hydrolysis) is 1. The fourth-order valence-corrected chi connectivity index (χ4v) is 1.98. The summed E-state index contributed by atoms with van der Waals surface area (Å²) in [5, 5.41) is 6.36. The van der Waals surface area contributed by atoms with Crippen LogP contribution in [0.5, 0.6) is 0 Å². The van der Waals surface area contributed by atoms with Gasteiger partial charge in [0, 0.05) is 6.42 Å². The first-order chi connectivity index (χ1) is 11.7. The summed E-state index contributed by atoms with van der Waals surface area (Å²) in [7, 11) is 0. The predicted molar refractivity (Wildman–Crippen MR) is 88.5 cm³/mol. The fraction of sp³-hybridized carbons (Fsp3) is 0.235. The molecule has 1 aromatic heterocycles. The van der Waals surface area contributed by atoms with Crippen LogP contribution in [0.25, 0.3) is 0 Å². The Labute approximate surface area is 139 Å². The van der Waals surface area contributed by atoms with E-state index in [2.05, 4.69) is 15.8 Å². The molecule has 126 valence electrons. The number of rotatable bonds is 7. The minimum absolute atomic E-state index is 0.224. The zero-order valence-corrected chi connectivity index (χ0v) is 13.3. The summed E-state index contributed by atoms with van der Waals surface area (Å²) in [6, 6.07) is 12.0. The summed E-state index contributed by atoms with van der Waals surface area (Å²) in [5.74, 6) is 0.0583. The van der Waals surface area contributed by atoms with Crippen LogP contribution in [0.2, 0.25) is 0 Å². The average molecular weight is 329 g/mol. The highest BCUT2D eigenvalue weighted by Crippen LogP contribution is 2.04. The summed E-state index contributed by atoms with van der Waals surface area (Å²) >= 11 is 0. The topological polar surface area (TPSA) is 92.9 Å². The van der Waals surface area contributed by atoms with Crippen LogP contribution in [-0.4, -0.2) is 30.9 Å². The van der Waals surface area contributed by atoms with Crippen LogP contribution < -0.4 is 10.7 Å². The third-order valence-corrected chi connectivity index (χ3v) is 3.08. The lowest BCUT2D eigenvalue weighted by atomic mass is 10.1. The number of carbonyl (C=O) groups excluding carboxylic acids is 2. The zero-order chi connectivity index (χ0) is 17.2. The Bertz CT molecular complexity index is 668. The van der Waals surface area contributed by atoms with Crippen molar-refractivity contribution < 1.29 is 18.7 Å². The smallest absolute Gasteiger partial charge is 0.407 e. The van der Waals surface area contributed by atoms with Gasteiger partial charge < -0.3 is 14.5 Å². The number of nitrogens with one attached hydrogen (secondary N) is 2. The van der Waals surface area contributed by atoms with Gasteiger partial charge in [0.25, 0.3) is 5.91 Å². The maximum atomic E-state index is 12.3. The lowest BCUT2D eigenvalue weighted by Gasteiger charge is -2.16. The summed E-state index contributed by atoms with van der Waals surface area (Å²) in [4.78, 5) is 23.9. The second kappa shape index (κ2) is 9.14. The predicted octanol–water partition coefficient (Wildman–Crippen LogP) is 2.09. The molecule has 7 heteroatoms.